The Morgan fingerprint density at radius 2 is 1.36 bits per heavy atom. The van der Waals surface area contributed by atoms with E-state index in [-0.39, 0.29) is 0 Å². The van der Waals surface area contributed by atoms with Crippen molar-refractivity contribution in [2.45, 2.75) is 42.9 Å². The van der Waals surface area contributed by atoms with Crippen molar-refractivity contribution in [2.24, 2.45) is 0 Å². The van der Waals surface area contributed by atoms with Gasteiger partial charge < -0.3 is 5.11 Å². The van der Waals surface area contributed by atoms with Gasteiger partial charge in [-0.15, -0.1) is 0 Å². The Labute approximate surface area is 78.7 Å². The predicted octanol–water partition coefficient (Wildman–Crippen LogP) is 2.82. The third-order valence-electron chi connectivity index (χ3n) is 0.402. The van der Waals surface area contributed by atoms with Crippen molar-refractivity contribution in [3.8, 4) is 0 Å². The van der Waals surface area contributed by atoms with Gasteiger partial charge >= 0.3 is 55.7 Å². The fraction of sp³-hybridized carbons (Fsp3) is 0.875. The molecule has 0 unspecified atom stereocenters. The van der Waals surface area contributed by atoms with E-state index in [2.05, 4.69) is 27.7 Å². The van der Waals surface area contributed by atoms with Gasteiger partial charge in [0.2, 0.25) is 0 Å². The van der Waals surface area contributed by atoms with Crippen LogP contribution in [0.25, 0.3) is 0 Å². The van der Waals surface area contributed by atoms with Crippen molar-refractivity contribution < 1.29 is 29.7 Å². The minimum atomic E-state index is -0.833. The molecule has 0 aromatic heterocycles. The second kappa shape index (κ2) is 8.31. The Morgan fingerprint density at radius 1 is 1.18 bits per heavy atom. The molecule has 11 heavy (non-hydrogen) atoms. The van der Waals surface area contributed by atoms with Gasteiger partial charge in [-0.1, -0.05) is 0 Å². The minimum absolute atomic E-state index is 0.833. The molecule has 0 amide bonds. The number of carbonyl (C=O) groups is 1. The van der Waals surface area contributed by atoms with Crippen molar-refractivity contribution in [3.63, 3.8) is 0 Å². The number of aliphatic carboxylic acids is 1. The summed E-state index contributed by atoms with van der Waals surface area (Å²) >= 11 is 1.13. The Morgan fingerprint density at radius 3 is 1.36 bits per heavy atom. The summed E-state index contributed by atoms with van der Waals surface area (Å²) in [5, 5.41) is 7.42. The van der Waals surface area contributed by atoms with Gasteiger partial charge in [-0.2, -0.15) is 0 Å². The van der Waals surface area contributed by atoms with E-state index in [1.165, 1.54) is 0 Å². The molecule has 0 spiro atoms. The molecule has 0 bridgehead atoms. The van der Waals surface area contributed by atoms with Crippen LogP contribution in [-0.2, 0) is 24.5 Å². The number of hydrogen-bond acceptors (Lipinski definition) is 1. The summed E-state index contributed by atoms with van der Waals surface area (Å²) in [5.74, 6) is -0.833. The second-order valence-electron chi connectivity index (χ2n) is 2.47. The molecule has 0 heterocycles. The maximum absolute atomic E-state index is 9.00. The molecule has 0 aliphatic carbocycles. The molecule has 0 radical (unpaired) electrons. The normalized spacial score (nSPS) is 9.73. The summed E-state index contributed by atoms with van der Waals surface area (Å²) in [4.78, 5) is 9.00. The average molecular weight is 254 g/mol. The van der Waals surface area contributed by atoms with E-state index in [1.807, 2.05) is 0 Å². The van der Waals surface area contributed by atoms with E-state index in [1.54, 1.807) is 0 Å². The van der Waals surface area contributed by atoms with Crippen LogP contribution in [0.15, 0.2) is 0 Å². The van der Waals surface area contributed by atoms with E-state index in [9.17, 15) is 0 Å². The molecule has 73 valence electrons. The van der Waals surface area contributed by atoms with Crippen molar-refractivity contribution in [1.82, 2.24) is 0 Å². The molecule has 0 aromatic carbocycles. The van der Waals surface area contributed by atoms with Gasteiger partial charge in [0, 0.05) is 6.92 Å². The number of carboxylic acid groups (broad SMARTS) is 1. The van der Waals surface area contributed by atoms with E-state index in [0.717, 1.165) is 34.9 Å². The first-order valence-electron chi connectivity index (χ1n) is 3.59. The van der Waals surface area contributed by atoms with Crippen molar-refractivity contribution in [3.05, 3.63) is 0 Å². The maximum atomic E-state index is 9.00. The van der Waals surface area contributed by atoms with Gasteiger partial charge in [-0.25, -0.2) is 0 Å². The molecule has 0 saturated heterocycles. The summed E-state index contributed by atoms with van der Waals surface area (Å²) in [5.41, 5.74) is 0. The molecule has 0 aliphatic rings. The van der Waals surface area contributed by atoms with Crippen LogP contribution in [0, 0.1) is 0 Å². The van der Waals surface area contributed by atoms with Crippen molar-refractivity contribution in [1.29, 1.82) is 0 Å². The van der Waals surface area contributed by atoms with Gasteiger partial charge in [0.1, 0.15) is 0 Å². The molecule has 0 saturated carbocycles. The van der Waals surface area contributed by atoms with Crippen LogP contribution in [0.1, 0.15) is 34.6 Å². The van der Waals surface area contributed by atoms with E-state index in [0.29, 0.717) is 0 Å². The Hall–Kier alpha value is 0.210. The summed E-state index contributed by atoms with van der Waals surface area (Å²) < 4.78 is 1.81. The van der Waals surface area contributed by atoms with Crippen LogP contribution in [0.4, 0.5) is 0 Å². The molecule has 0 aliphatic heterocycles. The molecule has 0 fully saturated rings. The quantitative estimate of drug-likeness (QED) is 0.769. The molecule has 0 rings (SSSR count). The standard InChI is InChI=1S/2C3H7.C2H4O2.Ag/c2*1-3-2;1-2(3)4;/h2*3H,1-2H3;1H3,(H,3,4);. The zero-order chi connectivity index (χ0) is 9.44. The second-order valence-corrected chi connectivity index (χ2v) is 6.39. The first-order valence-corrected chi connectivity index (χ1v) is 5.30. The molecular weight excluding hydrogens is 236 g/mol. The van der Waals surface area contributed by atoms with E-state index < -0.39 is 5.97 Å². The zero-order valence-electron chi connectivity index (χ0n) is 7.81. The average Bonchev–Trinajstić information content (AvgIpc) is 1.56. The molecule has 3 heteroatoms. The first-order chi connectivity index (χ1) is 4.86. The monoisotopic (exact) mass is 253 g/mol. The predicted molar refractivity (Wildman–Crippen MR) is 43.5 cm³/mol. The summed E-state index contributed by atoms with van der Waals surface area (Å²) in [6.45, 7) is 10.2. The van der Waals surface area contributed by atoms with Gasteiger partial charge in [0.05, 0.1) is 0 Å². The molecule has 2 nitrogen and oxygen atoms in total. The summed E-state index contributed by atoms with van der Waals surface area (Å²) in [6.07, 6.45) is 0. The topological polar surface area (TPSA) is 37.3 Å². The third-order valence-corrected chi connectivity index (χ3v) is 2.38. The zero-order valence-corrected chi connectivity index (χ0v) is 9.29. The fourth-order valence-electron chi connectivity index (χ4n) is 0.402. The van der Waals surface area contributed by atoms with Gasteiger partial charge in [0.15, 0.2) is 0 Å². The molecule has 0 aromatic rings. The Bertz CT molecular complexity index is 90.3. The third kappa shape index (κ3) is 38.8. The summed E-state index contributed by atoms with van der Waals surface area (Å²) in [6, 6.07) is 0. The van der Waals surface area contributed by atoms with Crippen molar-refractivity contribution >= 4 is 5.97 Å². The van der Waals surface area contributed by atoms with Crippen LogP contribution in [-0.4, -0.2) is 11.1 Å². The summed E-state index contributed by atoms with van der Waals surface area (Å²) in [7, 11) is 0. The Balaban J connectivity index is 0. The van der Waals surface area contributed by atoms with Crippen LogP contribution in [0.3, 0.4) is 0 Å². The van der Waals surface area contributed by atoms with Crippen LogP contribution >= 0.6 is 0 Å². The Kier molecular flexibility index (Phi) is 10.4. The number of rotatable bonds is 2. The van der Waals surface area contributed by atoms with Crippen LogP contribution in [0.2, 0.25) is 8.27 Å². The number of hydrogen-bond donors (Lipinski definition) is 1. The van der Waals surface area contributed by atoms with Crippen LogP contribution < -0.4 is 0 Å². The molecule has 0 atom stereocenters. The van der Waals surface area contributed by atoms with Gasteiger partial charge in [-0.05, 0) is 0 Å². The van der Waals surface area contributed by atoms with Gasteiger partial charge in [-0.3, -0.25) is 4.79 Å². The molecule has 1 N–H and O–H groups in total. The first kappa shape index (κ1) is 13.8. The fourth-order valence-corrected chi connectivity index (χ4v) is 2.38. The molecular formula is C8H18AgO2. The van der Waals surface area contributed by atoms with Gasteiger partial charge in [0.25, 0.3) is 5.97 Å². The van der Waals surface area contributed by atoms with Crippen molar-refractivity contribution in [2.75, 3.05) is 0 Å². The number of carboxylic acids is 1. The van der Waals surface area contributed by atoms with Crippen LogP contribution in [0.5, 0.6) is 0 Å². The van der Waals surface area contributed by atoms with E-state index >= 15 is 0 Å². The SMILES string of the molecule is CC(=O)O.C[CH](C)[Ag][CH](C)C. The van der Waals surface area contributed by atoms with E-state index in [4.69, 9.17) is 9.90 Å².